The highest BCUT2D eigenvalue weighted by molar-refractivity contribution is 5.50. The van der Waals surface area contributed by atoms with Crippen LogP contribution in [0.3, 0.4) is 0 Å². The van der Waals surface area contributed by atoms with Crippen LogP contribution in [0.1, 0.15) is 28.4 Å². The number of ether oxygens (including phenoxy) is 2. The van der Waals surface area contributed by atoms with Crippen molar-refractivity contribution in [2.45, 2.75) is 20.0 Å². The van der Waals surface area contributed by atoms with Crippen molar-refractivity contribution in [3.05, 3.63) is 58.7 Å². The first-order valence-electron chi connectivity index (χ1n) is 6.54. The first kappa shape index (κ1) is 14.4. The molecule has 1 atom stereocenters. The number of hydrogen-bond acceptors (Lipinski definition) is 3. The van der Waals surface area contributed by atoms with Crippen LogP contribution in [0.5, 0.6) is 11.5 Å². The zero-order valence-electron chi connectivity index (χ0n) is 12.3. The summed E-state index contributed by atoms with van der Waals surface area (Å²) in [5.41, 5.74) is 3.77. The van der Waals surface area contributed by atoms with E-state index in [1.165, 1.54) is 0 Å². The number of aliphatic hydroxyl groups excluding tert-OH is 1. The highest BCUT2D eigenvalue weighted by Gasteiger charge is 2.18. The fourth-order valence-corrected chi connectivity index (χ4v) is 2.35. The Kier molecular flexibility index (Phi) is 4.30. The molecular weight excluding hydrogens is 252 g/mol. The van der Waals surface area contributed by atoms with Crippen molar-refractivity contribution in [3.63, 3.8) is 0 Å². The average molecular weight is 272 g/mol. The van der Waals surface area contributed by atoms with E-state index in [2.05, 4.69) is 0 Å². The molecule has 0 aliphatic carbocycles. The molecule has 0 aliphatic rings. The van der Waals surface area contributed by atoms with Crippen molar-refractivity contribution in [1.29, 1.82) is 0 Å². The van der Waals surface area contributed by atoms with Gasteiger partial charge in [-0.05, 0) is 48.2 Å². The summed E-state index contributed by atoms with van der Waals surface area (Å²) in [5.74, 6) is 1.30. The lowest BCUT2D eigenvalue weighted by atomic mass is 9.94. The highest BCUT2D eigenvalue weighted by Crippen LogP contribution is 2.35. The number of aryl methyl sites for hydroxylation is 2. The van der Waals surface area contributed by atoms with E-state index in [1.54, 1.807) is 14.2 Å². The van der Waals surface area contributed by atoms with Gasteiger partial charge in [0.1, 0.15) is 6.10 Å². The van der Waals surface area contributed by atoms with E-state index >= 15 is 0 Å². The Morgan fingerprint density at radius 2 is 1.45 bits per heavy atom. The predicted octanol–water partition coefficient (Wildman–Crippen LogP) is 3.40. The van der Waals surface area contributed by atoms with Gasteiger partial charge in [-0.25, -0.2) is 0 Å². The molecule has 0 aromatic heterocycles. The van der Waals surface area contributed by atoms with E-state index in [0.717, 1.165) is 22.3 Å². The Labute approximate surface area is 119 Å². The summed E-state index contributed by atoms with van der Waals surface area (Å²) in [6.45, 7) is 3.95. The molecule has 2 aromatic carbocycles. The first-order valence-corrected chi connectivity index (χ1v) is 6.54. The van der Waals surface area contributed by atoms with Crippen LogP contribution in [0.4, 0.5) is 0 Å². The maximum atomic E-state index is 10.6. The number of benzene rings is 2. The van der Waals surface area contributed by atoms with Gasteiger partial charge in [-0.15, -0.1) is 0 Å². The summed E-state index contributed by atoms with van der Waals surface area (Å²) in [5, 5.41) is 10.6. The fourth-order valence-electron chi connectivity index (χ4n) is 2.35. The van der Waals surface area contributed by atoms with Crippen molar-refractivity contribution in [1.82, 2.24) is 0 Å². The molecule has 0 spiro atoms. The molecule has 2 rings (SSSR count). The Hall–Kier alpha value is -2.00. The fraction of sp³-hybridized carbons (Fsp3) is 0.294. The molecule has 20 heavy (non-hydrogen) atoms. The number of aliphatic hydroxyl groups is 1. The molecule has 0 aliphatic heterocycles. The van der Waals surface area contributed by atoms with Gasteiger partial charge >= 0.3 is 0 Å². The van der Waals surface area contributed by atoms with Crippen LogP contribution in [-0.4, -0.2) is 19.3 Å². The van der Waals surface area contributed by atoms with Crippen molar-refractivity contribution < 1.29 is 14.6 Å². The number of rotatable bonds is 4. The largest absolute Gasteiger partial charge is 0.493 e. The topological polar surface area (TPSA) is 38.7 Å². The minimum Gasteiger partial charge on any atom is -0.493 e. The molecule has 3 heteroatoms. The highest BCUT2D eigenvalue weighted by atomic mass is 16.5. The summed E-state index contributed by atoms with van der Waals surface area (Å²) in [7, 11) is 3.20. The van der Waals surface area contributed by atoms with Crippen LogP contribution in [0.15, 0.2) is 36.4 Å². The molecule has 0 radical (unpaired) electrons. The third kappa shape index (κ3) is 2.63. The van der Waals surface area contributed by atoms with Gasteiger partial charge in [0.05, 0.1) is 14.2 Å². The van der Waals surface area contributed by atoms with Crippen molar-refractivity contribution >= 4 is 0 Å². The SMILES string of the molecule is COc1cc(C)c(C(O)c2ccccc2C)cc1OC. The van der Waals surface area contributed by atoms with Crippen molar-refractivity contribution in [3.8, 4) is 11.5 Å². The van der Waals surface area contributed by atoms with E-state index in [0.29, 0.717) is 11.5 Å². The summed E-state index contributed by atoms with van der Waals surface area (Å²) in [6.07, 6.45) is -0.670. The summed E-state index contributed by atoms with van der Waals surface area (Å²) < 4.78 is 10.6. The Bertz CT molecular complexity index is 605. The normalized spacial score (nSPS) is 12.1. The molecule has 3 nitrogen and oxygen atoms in total. The average Bonchev–Trinajstić information content (AvgIpc) is 2.46. The van der Waals surface area contributed by atoms with Crippen LogP contribution in [0.2, 0.25) is 0 Å². The molecule has 0 bridgehead atoms. The van der Waals surface area contributed by atoms with Crippen molar-refractivity contribution in [2.24, 2.45) is 0 Å². The maximum absolute atomic E-state index is 10.6. The second-order valence-corrected chi connectivity index (χ2v) is 4.82. The van der Waals surface area contributed by atoms with Gasteiger partial charge in [-0.1, -0.05) is 24.3 Å². The van der Waals surface area contributed by atoms with Crippen LogP contribution >= 0.6 is 0 Å². The molecule has 0 fully saturated rings. The van der Waals surface area contributed by atoms with Crippen LogP contribution in [0, 0.1) is 13.8 Å². The van der Waals surface area contributed by atoms with Crippen LogP contribution < -0.4 is 9.47 Å². The van der Waals surface area contributed by atoms with Crippen LogP contribution in [-0.2, 0) is 0 Å². The molecule has 106 valence electrons. The standard InChI is InChI=1S/C17H20O3/c1-11-7-5-6-8-13(11)17(18)14-10-16(20-4)15(19-3)9-12(14)2/h5-10,17-18H,1-4H3. The van der Waals surface area contributed by atoms with E-state index in [9.17, 15) is 5.11 Å². The monoisotopic (exact) mass is 272 g/mol. The summed E-state index contributed by atoms with van der Waals surface area (Å²) >= 11 is 0. The zero-order chi connectivity index (χ0) is 14.7. The zero-order valence-corrected chi connectivity index (χ0v) is 12.3. The molecule has 1 unspecified atom stereocenters. The maximum Gasteiger partial charge on any atom is 0.161 e. The van der Waals surface area contributed by atoms with E-state index < -0.39 is 6.10 Å². The second-order valence-electron chi connectivity index (χ2n) is 4.82. The first-order chi connectivity index (χ1) is 9.58. The molecule has 0 heterocycles. The van der Waals surface area contributed by atoms with Crippen LogP contribution in [0.25, 0.3) is 0 Å². The van der Waals surface area contributed by atoms with Gasteiger partial charge in [-0.3, -0.25) is 0 Å². The Morgan fingerprint density at radius 3 is 2.05 bits per heavy atom. The smallest absolute Gasteiger partial charge is 0.161 e. The third-order valence-electron chi connectivity index (χ3n) is 3.55. The quantitative estimate of drug-likeness (QED) is 0.927. The molecule has 0 saturated heterocycles. The summed E-state index contributed by atoms with van der Waals surface area (Å²) in [6, 6.07) is 11.6. The molecule has 0 amide bonds. The predicted molar refractivity (Wildman–Crippen MR) is 79.5 cm³/mol. The Balaban J connectivity index is 2.50. The van der Waals surface area contributed by atoms with E-state index in [1.807, 2.05) is 50.2 Å². The molecule has 1 N–H and O–H groups in total. The lowest BCUT2D eigenvalue weighted by Crippen LogP contribution is -2.05. The lowest BCUT2D eigenvalue weighted by molar-refractivity contribution is 0.218. The van der Waals surface area contributed by atoms with Crippen molar-refractivity contribution in [2.75, 3.05) is 14.2 Å². The van der Waals surface area contributed by atoms with E-state index in [4.69, 9.17) is 9.47 Å². The summed E-state index contributed by atoms with van der Waals surface area (Å²) in [4.78, 5) is 0. The van der Waals surface area contributed by atoms with Gasteiger partial charge in [0.25, 0.3) is 0 Å². The minimum absolute atomic E-state index is 0.626. The third-order valence-corrected chi connectivity index (χ3v) is 3.55. The lowest BCUT2D eigenvalue weighted by Gasteiger charge is -2.18. The number of hydrogen-bond donors (Lipinski definition) is 1. The van der Waals surface area contributed by atoms with Gasteiger partial charge in [0.15, 0.2) is 11.5 Å². The van der Waals surface area contributed by atoms with Gasteiger partial charge in [0, 0.05) is 0 Å². The molecule has 2 aromatic rings. The van der Waals surface area contributed by atoms with Gasteiger partial charge in [-0.2, -0.15) is 0 Å². The second kappa shape index (κ2) is 5.97. The van der Waals surface area contributed by atoms with E-state index in [-0.39, 0.29) is 0 Å². The number of methoxy groups -OCH3 is 2. The van der Waals surface area contributed by atoms with Gasteiger partial charge in [0.2, 0.25) is 0 Å². The van der Waals surface area contributed by atoms with Gasteiger partial charge < -0.3 is 14.6 Å². The minimum atomic E-state index is -0.670. The Morgan fingerprint density at radius 1 is 0.850 bits per heavy atom. The molecular formula is C17H20O3. The molecule has 0 saturated carbocycles.